The normalized spacial score (nSPS) is 11.8. The molecule has 0 bridgehead atoms. The highest BCUT2D eigenvalue weighted by molar-refractivity contribution is 6.35. The highest BCUT2D eigenvalue weighted by atomic mass is 35.5. The van der Waals surface area contributed by atoms with Crippen LogP contribution in [0.15, 0.2) is 60.7 Å². The fourth-order valence-corrected chi connectivity index (χ4v) is 3.66. The first-order valence-electron chi connectivity index (χ1n) is 8.91. The third-order valence-corrected chi connectivity index (χ3v) is 5.05. The van der Waals surface area contributed by atoms with Crippen LogP contribution in [0.3, 0.4) is 0 Å². The van der Waals surface area contributed by atoms with Gasteiger partial charge in [0.05, 0.1) is 19.0 Å². The zero-order valence-electron chi connectivity index (χ0n) is 15.3. The molecule has 144 valence electrons. The summed E-state index contributed by atoms with van der Waals surface area (Å²) in [6, 6.07) is 18.6. The van der Waals surface area contributed by atoms with Gasteiger partial charge in [-0.2, -0.15) is 0 Å². The molecular formula is C22H20Cl2N2O2. The monoisotopic (exact) mass is 414 g/mol. The minimum absolute atomic E-state index is 0.0981. The van der Waals surface area contributed by atoms with Crippen LogP contribution in [0.2, 0.25) is 10.0 Å². The van der Waals surface area contributed by atoms with Crippen LogP contribution in [0.1, 0.15) is 24.1 Å². The lowest BCUT2D eigenvalue weighted by atomic mass is 10.0. The highest BCUT2D eigenvalue weighted by Gasteiger charge is 2.14. The van der Waals surface area contributed by atoms with Crippen LogP contribution < -0.4 is 10.6 Å². The lowest BCUT2D eigenvalue weighted by molar-refractivity contribution is -0.126. The molecule has 2 amide bonds. The van der Waals surface area contributed by atoms with E-state index in [-0.39, 0.29) is 30.8 Å². The van der Waals surface area contributed by atoms with Gasteiger partial charge >= 0.3 is 0 Å². The number of halogens is 2. The van der Waals surface area contributed by atoms with Gasteiger partial charge in [0.2, 0.25) is 11.8 Å². The summed E-state index contributed by atoms with van der Waals surface area (Å²) >= 11 is 12.1. The summed E-state index contributed by atoms with van der Waals surface area (Å²) in [7, 11) is 0. The van der Waals surface area contributed by atoms with Gasteiger partial charge in [0.1, 0.15) is 0 Å². The Morgan fingerprint density at radius 1 is 0.964 bits per heavy atom. The molecule has 0 saturated heterocycles. The molecule has 1 atom stereocenters. The molecule has 3 aromatic rings. The Morgan fingerprint density at radius 2 is 1.71 bits per heavy atom. The Kier molecular flexibility index (Phi) is 6.55. The molecule has 0 radical (unpaired) electrons. The van der Waals surface area contributed by atoms with Crippen LogP contribution in [0.4, 0.5) is 0 Å². The number of amides is 2. The smallest absolute Gasteiger partial charge is 0.239 e. The summed E-state index contributed by atoms with van der Waals surface area (Å²) in [5.74, 6) is -0.492. The SMILES string of the molecule is CC(NC(=O)CNC(=O)Cc1cccc2ccccc12)c1ccc(Cl)cc1Cl. The molecule has 0 aliphatic heterocycles. The topological polar surface area (TPSA) is 58.2 Å². The molecule has 0 spiro atoms. The molecule has 2 N–H and O–H groups in total. The van der Waals surface area contributed by atoms with Gasteiger partial charge in [0.25, 0.3) is 0 Å². The van der Waals surface area contributed by atoms with Gasteiger partial charge in [-0.1, -0.05) is 71.7 Å². The number of nitrogens with one attached hydrogen (secondary N) is 2. The van der Waals surface area contributed by atoms with Crippen molar-refractivity contribution in [3.8, 4) is 0 Å². The van der Waals surface area contributed by atoms with Gasteiger partial charge < -0.3 is 10.6 Å². The Labute approximate surface area is 173 Å². The van der Waals surface area contributed by atoms with Crippen molar-refractivity contribution in [1.82, 2.24) is 10.6 Å². The number of hydrogen-bond donors (Lipinski definition) is 2. The molecular weight excluding hydrogens is 395 g/mol. The third kappa shape index (κ3) is 5.03. The van der Waals surface area contributed by atoms with Crippen LogP contribution in [-0.4, -0.2) is 18.4 Å². The molecule has 28 heavy (non-hydrogen) atoms. The van der Waals surface area contributed by atoms with E-state index in [1.165, 1.54) is 0 Å². The molecule has 6 heteroatoms. The molecule has 0 aliphatic carbocycles. The summed E-state index contributed by atoms with van der Waals surface area (Å²) in [4.78, 5) is 24.5. The molecule has 0 fully saturated rings. The van der Waals surface area contributed by atoms with E-state index < -0.39 is 0 Å². The summed E-state index contributed by atoms with van der Waals surface area (Å²) in [5.41, 5.74) is 1.69. The largest absolute Gasteiger partial charge is 0.348 e. The molecule has 0 aliphatic rings. The van der Waals surface area contributed by atoms with Crippen LogP contribution in [0.5, 0.6) is 0 Å². The maximum absolute atomic E-state index is 12.3. The van der Waals surface area contributed by atoms with E-state index in [0.29, 0.717) is 10.0 Å². The van der Waals surface area contributed by atoms with E-state index in [1.807, 2.05) is 49.4 Å². The number of carbonyl (C=O) groups excluding carboxylic acids is 2. The Balaban J connectivity index is 1.54. The van der Waals surface area contributed by atoms with E-state index in [4.69, 9.17) is 23.2 Å². The van der Waals surface area contributed by atoms with Crippen molar-refractivity contribution in [2.24, 2.45) is 0 Å². The van der Waals surface area contributed by atoms with Gasteiger partial charge in [-0.25, -0.2) is 0 Å². The molecule has 0 heterocycles. The lowest BCUT2D eigenvalue weighted by Crippen LogP contribution is -2.38. The Hall–Kier alpha value is -2.56. The number of carbonyl (C=O) groups is 2. The predicted molar refractivity (Wildman–Crippen MR) is 114 cm³/mol. The van der Waals surface area contributed by atoms with E-state index in [1.54, 1.807) is 18.2 Å². The number of fused-ring (bicyclic) bond motifs is 1. The average Bonchev–Trinajstić information content (AvgIpc) is 2.66. The standard InChI is InChI=1S/C22H20Cl2N2O2/c1-14(18-10-9-17(23)12-20(18)24)26-22(28)13-25-21(27)11-16-7-4-6-15-5-2-3-8-19(15)16/h2-10,12,14H,11,13H2,1H3,(H,25,27)(H,26,28). The number of rotatable bonds is 6. The molecule has 0 saturated carbocycles. The number of benzene rings is 3. The fraction of sp³-hybridized carbons (Fsp3) is 0.182. The van der Waals surface area contributed by atoms with Crippen molar-refractivity contribution in [1.29, 1.82) is 0 Å². The first kappa shape index (κ1) is 20.2. The van der Waals surface area contributed by atoms with Gasteiger partial charge in [-0.15, -0.1) is 0 Å². The van der Waals surface area contributed by atoms with Crippen molar-refractivity contribution in [3.63, 3.8) is 0 Å². The van der Waals surface area contributed by atoms with Gasteiger partial charge in [-0.05, 0) is 41.0 Å². The van der Waals surface area contributed by atoms with Gasteiger partial charge in [-0.3, -0.25) is 9.59 Å². The molecule has 1 unspecified atom stereocenters. The predicted octanol–water partition coefficient (Wildman–Crippen LogP) is 4.68. The van der Waals surface area contributed by atoms with Crippen LogP contribution in [0, 0.1) is 0 Å². The molecule has 0 aromatic heterocycles. The molecule has 4 nitrogen and oxygen atoms in total. The van der Waals surface area contributed by atoms with Crippen molar-refractivity contribution in [2.75, 3.05) is 6.54 Å². The zero-order valence-corrected chi connectivity index (χ0v) is 16.8. The van der Waals surface area contributed by atoms with Crippen LogP contribution >= 0.6 is 23.2 Å². The summed E-state index contributed by atoms with van der Waals surface area (Å²) in [6.45, 7) is 1.73. The van der Waals surface area contributed by atoms with Crippen molar-refractivity contribution in [3.05, 3.63) is 81.8 Å². The minimum Gasteiger partial charge on any atom is -0.348 e. The molecule has 3 aromatic carbocycles. The quantitative estimate of drug-likeness (QED) is 0.614. The summed E-state index contributed by atoms with van der Waals surface area (Å²) < 4.78 is 0. The second-order valence-electron chi connectivity index (χ2n) is 6.55. The first-order valence-corrected chi connectivity index (χ1v) is 9.67. The van der Waals surface area contributed by atoms with E-state index in [9.17, 15) is 9.59 Å². The fourth-order valence-electron chi connectivity index (χ4n) is 3.08. The zero-order chi connectivity index (χ0) is 20.1. The minimum atomic E-state index is -0.299. The summed E-state index contributed by atoms with van der Waals surface area (Å²) in [6.07, 6.45) is 0.215. The van der Waals surface area contributed by atoms with Gasteiger partial charge in [0, 0.05) is 10.0 Å². The highest BCUT2D eigenvalue weighted by Crippen LogP contribution is 2.26. The first-order chi connectivity index (χ1) is 13.4. The molecule has 3 rings (SSSR count). The van der Waals surface area contributed by atoms with E-state index in [0.717, 1.165) is 21.9 Å². The second kappa shape index (κ2) is 9.09. The van der Waals surface area contributed by atoms with Crippen molar-refractivity contribution >= 4 is 45.8 Å². The maximum atomic E-state index is 12.3. The second-order valence-corrected chi connectivity index (χ2v) is 7.39. The summed E-state index contributed by atoms with van der Waals surface area (Å²) in [5, 5.41) is 8.64. The Morgan fingerprint density at radius 3 is 2.50 bits per heavy atom. The maximum Gasteiger partial charge on any atom is 0.239 e. The van der Waals surface area contributed by atoms with Crippen LogP contribution in [-0.2, 0) is 16.0 Å². The van der Waals surface area contributed by atoms with Crippen molar-refractivity contribution < 1.29 is 9.59 Å². The van der Waals surface area contributed by atoms with E-state index in [2.05, 4.69) is 10.6 Å². The van der Waals surface area contributed by atoms with Crippen molar-refractivity contribution in [2.45, 2.75) is 19.4 Å². The lowest BCUT2D eigenvalue weighted by Gasteiger charge is -2.16. The number of hydrogen-bond acceptors (Lipinski definition) is 2. The average molecular weight is 415 g/mol. The Bertz CT molecular complexity index is 1020. The van der Waals surface area contributed by atoms with Gasteiger partial charge in [0.15, 0.2) is 0 Å². The third-order valence-electron chi connectivity index (χ3n) is 4.48. The van der Waals surface area contributed by atoms with Crippen LogP contribution in [0.25, 0.3) is 10.8 Å². The van der Waals surface area contributed by atoms with E-state index >= 15 is 0 Å².